The van der Waals surface area contributed by atoms with Gasteiger partial charge in [-0.3, -0.25) is 9.59 Å². The lowest BCUT2D eigenvalue weighted by molar-refractivity contribution is -0.115. The van der Waals surface area contributed by atoms with Gasteiger partial charge in [0.05, 0.1) is 0 Å². The third kappa shape index (κ3) is 11.1. The summed E-state index contributed by atoms with van der Waals surface area (Å²) in [4.78, 5) is 21.8. The summed E-state index contributed by atoms with van der Waals surface area (Å²) < 4.78 is 5.39. The predicted octanol–water partition coefficient (Wildman–Crippen LogP) is 2.85. The second-order valence-corrected chi connectivity index (χ2v) is 3.87. The number of carbonyl (C=O) groups is 2. The highest BCUT2D eigenvalue weighted by atomic mass is 16.5. The van der Waals surface area contributed by atoms with Crippen LogP contribution in [-0.4, -0.2) is 24.8 Å². The fourth-order valence-corrected chi connectivity index (χ4v) is 1.31. The number of hydrogen-bond donors (Lipinski definition) is 0. The molecule has 17 heavy (non-hydrogen) atoms. The molecule has 96 valence electrons. The van der Waals surface area contributed by atoms with Crippen LogP contribution in [0.4, 0.5) is 0 Å². The van der Waals surface area contributed by atoms with Gasteiger partial charge in [0.15, 0.2) is 11.6 Å². The van der Waals surface area contributed by atoms with Crippen molar-refractivity contribution in [2.45, 2.75) is 38.5 Å². The Morgan fingerprint density at radius 2 is 1.24 bits per heavy atom. The minimum absolute atomic E-state index is 0.0907. The van der Waals surface area contributed by atoms with Crippen molar-refractivity contribution >= 4 is 11.6 Å². The molecule has 0 aliphatic rings. The van der Waals surface area contributed by atoms with Crippen LogP contribution in [0.3, 0.4) is 0 Å². The highest BCUT2D eigenvalue weighted by Gasteiger charge is 1.97. The average Bonchev–Trinajstić information content (AvgIpc) is 2.35. The standard InChI is InChI=1S/C14H22O3/c1-3-13(15)9-5-7-11-17-12-8-6-10-14(16)4-2/h3-4H,1-2,5-12H2. The van der Waals surface area contributed by atoms with Crippen LogP contribution in [0.1, 0.15) is 38.5 Å². The highest BCUT2D eigenvalue weighted by molar-refractivity contribution is 5.89. The molecule has 0 N–H and O–H groups in total. The van der Waals surface area contributed by atoms with Gasteiger partial charge in [-0.1, -0.05) is 13.2 Å². The summed E-state index contributed by atoms with van der Waals surface area (Å²) in [5.41, 5.74) is 0. The molecule has 3 heteroatoms. The molecular formula is C14H22O3. The van der Waals surface area contributed by atoms with Crippen molar-refractivity contribution in [2.24, 2.45) is 0 Å². The number of allylic oxidation sites excluding steroid dienone is 2. The number of hydrogen-bond acceptors (Lipinski definition) is 3. The van der Waals surface area contributed by atoms with E-state index in [4.69, 9.17) is 4.74 Å². The van der Waals surface area contributed by atoms with E-state index in [2.05, 4.69) is 13.2 Å². The monoisotopic (exact) mass is 238 g/mol. The number of unbranched alkanes of at least 4 members (excludes halogenated alkanes) is 2. The zero-order valence-electron chi connectivity index (χ0n) is 10.5. The van der Waals surface area contributed by atoms with Crippen LogP contribution in [0.15, 0.2) is 25.3 Å². The van der Waals surface area contributed by atoms with Crippen molar-refractivity contribution in [3.05, 3.63) is 25.3 Å². The van der Waals surface area contributed by atoms with E-state index in [1.165, 1.54) is 12.2 Å². The Morgan fingerprint density at radius 3 is 1.59 bits per heavy atom. The molecule has 0 spiro atoms. The normalized spacial score (nSPS) is 9.88. The molecule has 0 bridgehead atoms. The highest BCUT2D eigenvalue weighted by Crippen LogP contribution is 2.00. The van der Waals surface area contributed by atoms with E-state index in [0.717, 1.165) is 25.7 Å². The van der Waals surface area contributed by atoms with Crippen LogP contribution in [0, 0.1) is 0 Å². The van der Waals surface area contributed by atoms with Gasteiger partial charge in [-0.25, -0.2) is 0 Å². The van der Waals surface area contributed by atoms with Gasteiger partial charge in [0.1, 0.15) is 0 Å². The maximum Gasteiger partial charge on any atom is 0.155 e. The molecule has 0 heterocycles. The molecule has 0 radical (unpaired) electrons. The SMILES string of the molecule is C=CC(=O)CCCCOCCCCC(=O)C=C. The van der Waals surface area contributed by atoms with Gasteiger partial charge < -0.3 is 4.74 Å². The lowest BCUT2D eigenvalue weighted by atomic mass is 10.2. The van der Waals surface area contributed by atoms with Gasteiger partial charge in [-0.05, 0) is 37.8 Å². The summed E-state index contributed by atoms with van der Waals surface area (Å²) in [6.07, 6.45) is 7.31. The Labute approximate surface area is 104 Å². The molecule has 3 nitrogen and oxygen atoms in total. The van der Waals surface area contributed by atoms with Crippen molar-refractivity contribution in [1.29, 1.82) is 0 Å². The van der Waals surface area contributed by atoms with Crippen molar-refractivity contribution < 1.29 is 14.3 Å². The van der Waals surface area contributed by atoms with E-state index in [0.29, 0.717) is 26.1 Å². The topological polar surface area (TPSA) is 43.4 Å². The van der Waals surface area contributed by atoms with Crippen LogP contribution in [-0.2, 0) is 14.3 Å². The van der Waals surface area contributed by atoms with Gasteiger partial charge in [-0.2, -0.15) is 0 Å². The van der Waals surface area contributed by atoms with Crippen LogP contribution < -0.4 is 0 Å². The lowest BCUT2D eigenvalue weighted by Gasteiger charge is -2.03. The third-order valence-electron chi connectivity index (χ3n) is 2.38. The minimum atomic E-state index is 0.0907. The second-order valence-electron chi connectivity index (χ2n) is 3.87. The molecule has 0 fully saturated rings. The Kier molecular flexibility index (Phi) is 10.5. The third-order valence-corrected chi connectivity index (χ3v) is 2.38. The van der Waals surface area contributed by atoms with Crippen molar-refractivity contribution in [3.63, 3.8) is 0 Å². The van der Waals surface area contributed by atoms with E-state index in [1.54, 1.807) is 0 Å². The van der Waals surface area contributed by atoms with Crippen LogP contribution in [0.25, 0.3) is 0 Å². The quantitative estimate of drug-likeness (QED) is 0.388. The van der Waals surface area contributed by atoms with E-state index >= 15 is 0 Å². The van der Waals surface area contributed by atoms with E-state index in [-0.39, 0.29) is 11.6 Å². The molecule has 0 unspecified atom stereocenters. The summed E-state index contributed by atoms with van der Waals surface area (Å²) in [7, 11) is 0. The van der Waals surface area contributed by atoms with E-state index in [9.17, 15) is 9.59 Å². The maximum absolute atomic E-state index is 10.9. The second kappa shape index (κ2) is 11.3. The summed E-state index contributed by atoms with van der Waals surface area (Å²) in [6.45, 7) is 8.19. The molecule has 0 saturated heterocycles. The molecule has 0 rings (SSSR count). The average molecular weight is 238 g/mol. The van der Waals surface area contributed by atoms with Crippen LogP contribution >= 0.6 is 0 Å². The first-order valence-electron chi connectivity index (χ1n) is 6.09. The number of ether oxygens (including phenoxy) is 1. The zero-order chi connectivity index (χ0) is 12.9. The number of ketones is 2. The first-order chi connectivity index (χ1) is 8.20. The van der Waals surface area contributed by atoms with Gasteiger partial charge in [0.2, 0.25) is 0 Å². The molecule has 0 amide bonds. The van der Waals surface area contributed by atoms with Gasteiger partial charge in [0, 0.05) is 26.1 Å². The number of rotatable bonds is 12. The van der Waals surface area contributed by atoms with E-state index < -0.39 is 0 Å². The largest absolute Gasteiger partial charge is 0.381 e. The molecule has 0 atom stereocenters. The van der Waals surface area contributed by atoms with Gasteiger partial charge >= 0.3 is 0 Å². The van der Waals surface area contributed by atoms with Crippen LogP contribution in [0.2, 0.25) is 0 Å². The van der Waals surface area contributed by atoms with Crippen LogP contribution in [0.5, 0.6) is 0 Å². The van der Waals surface area contributed by atoms with Crippen molar-refractivity contribution in [2.75, 3.05) is 13.2 Å². The first-order valence-corrected chi connectivity index (χ1v) is 6.09. The van der Waals surface area contributed by atoms with Crippen molar-refractivity contribution in [3.8, 4) is 0 Å². The molecule has 0 aromatic rings. The minimum Gasteiger partial charge on any atom is -0.381 e. The van der Waals surface area contributed by atoms with Crippen molar-refractivity contribution in [1.82, 2.24) is 0 Å². The summed E-state index contributed by atoms with van der Waals surface area (Å²) in [5.74, 6) is 0.181. The predicted molar refractivity (Wildman–Crippen MR) is 68.9 cm³/mol. The fourth-order valence-electron chi connectivity index (χ4n) is 1.31. The summed E-state index contributed by atoms with van der Waals surface area (Å²) in [6, 6.07) is 0. The fraction of sp³-hybridized carbons (Fsp3) is 0.571. The Hall–Kier alpha value is -1.22. The Morgan fingerprint density at radius 1 is 0.824 bits per heavy atom. The van der Waals surface area contributed by atoms with Gasteiger partial charge in [-0.15, -0.1) is 0 Å². The Balaban J connectivity index is 3.13. The zero-order valence-corrected chi connectivity index (χ0v) is 10.5. The number of carbonyl (C=O) groups excluding carboxylic acids is 2. The van der Waals surface area contributed by atoms with Gasteiger partial charge in [0.25, 0.3) is 0 Å². The smallest absolute Gasteiger partial charge is 0.155 e. The lowest BCUT2D eigenvalue weighted by Crippen LogP contribution is -2.00. The maximum atomic E-state index is 10.9. The summed E-state index contributed by atoms with van der Waals surface area (Å²) >= 11 is 0. The molecule has 0 aromatic heterocycles. The van der Waals surface area contributed by atoms with E-state index in [1.807, 2.05) is 0 Å². The molecule has 0 aliphatic heterocycles. The summed E-state index contributed by atoms with van der Waals surface area (Å²) in [5, 5.41) is 0. The molecule has 0 aromatic carbocycles. The molecule has 0 saturated carbocycles. The molecule has 0 aliphatic carbocycles. The Bertz CT molecular complexity index is 230. The molecular weight excluding hydrogens is 216 g/mol. The first kappa shape index (κ1) is 15.8.